The fourth-order valence-electron chi connectivity index (χ4n) is 3.26. The van der Waals surface area contributed by atoms with Crippen LogP contribution in [-0.2, 0) is 0 Å². The molecule has 1 aliphatic carbocycles. The Hall–Kier alpha value is -2.01. The van der Waals surface area contributed by atoms with E-state index in [4.69, 9.17) is 15.4 Å². The number of halogens is 1. The van der Waals surface area contributed by atoms with Crippen molar-refractivity contribution in [2.24, 2.45) is 10.1 Å². The predicted octanol–water partition coefficient (Wildman–Crippen LogP) is 6.03. The second-order valence-electron chi connectivity index (χ2n) is 6.72. The number of thiazole rings is 1. The lowest BCUT2D eigenvalue weighted by molar-refractivity contribution is 0.435. The minimum atomic E-state index is 0.395. The van der Waals surface area contributed by atoms with Gasteiger partial charge in [-0.2, -0.15) is 10.4 Å². The molecule has 7 heteroatoms. The van der Waals surface area contributed by atoms with E-state index in [2.05, 4.69) is 39.5 Å². The van der Waals surface area contributed by atoms with Crippen molar-refractivity contribution in [1.29, 1.82) is 5.26 Å². The number of hydrogen-bond donors (Lipinski definition) is 0. The van der Waals surface area contributed by atoms with E-state index in [1.165, 1.54) is 19.3 Å². The van der Waals surface area contributed by atoms with Crippen LogP contribution < -0.4 is 4.80 Å². The molecule has 0 bridgehead atoms. The van der Waals surface area contributed by atoms with Gasteiger partial charge in [0.25, 0.3) is 0 Å². The molecule has 1 aromatic carbocycles. The summed E-state index contributed by atoms with van der Waals surface area (Å²) in [6.45, 7) is 0. The first kappa shape index (κ1) is 19.3. The molecule has 2 heterocycles. The first-order valence-electron chi connectivity index (χ1n) is 9.27. The Bertz CT molecular complexity index is 1080. The number of nitriles is 1. The Kier molecular flexibility index (Phi) is 6.20. The van der Waals surface area contributed by atoms with Gasteiger partial charge in [0, 0.05) is 5.38 Å². The normalized spacial score (nSPS) is 15.9. The molecule has 0 amide bonds. The van der Waals surface area contributed by atoms with Crippen molar-refractivity contribution in [1.82, 2.24) is 4.68 Å². The van der Waals surface area contributed by atoms with E-state index in [9.17, 15) is 0 Å². The maximum atomic E-state index is 8.96. The van der Waals surface area contributed by atoms with Crippen molar-refractivity contribution in [3.63, 3.8) is 0 Å². The highest BCUT2D eigenvalue weighted by molar-refractivity contribution is 9.11. The lowest BCUT2D eigenvalue weighted by Gasteiger charge is -2.16. The Morgan fingerprint density at radius 3 is 2.57 bits per heavy atom. The summed E-state index contributed by atoms with van der Waals surface area (Å²) < 4.78 is 3.05. The summed E-state index contributed by atoms with van der Waals surface area (Å²) in [6, 6.07) is 14.1. The number of hydrogen-bond acceptors (Lipinski definition) is 5. The molecule has 4 nitrogen and oxygen atoms in total. The van der Waals surface area contributed by atoms with Gasteiger partial charge in [-0.3, -0.25) is 4.99 Å². The van der Waals surface area contributed by atoms with Crippen LogP contribution in [0.2, 0.25) is 0 Å². The third-order valence-electron chi connectivity index (χ3n) is 4.74. The summed E-state index contributed by atoms with van der Waals surface area (Å²) in [5, 5.41) is 15.9. The number of thiophene rings is 1. The topological polar surface area (TPSA) is 53.4 Å². The van der Waals surface area contributed by atoms with Gasteiger partial charge in [-0.15, -0.1) is 22.7 Å². The van der Waals surface area contributed by atoms with Crippen LogP contribution in [0.15, 0.2) is 55.7 Å². The van der Waals surface area contributed by atoms with Gasteiger partial charge >= 0.3 is 0 Å². The van der Waals surface area contributed by atoms with Crippen LogP contribution in [-0.4, -0.2) is 16.9 Å². The molecular formula is C21H19BrN4S2. The molecule has 142 valence electrons. The van der Waals surface area contributed by atoms with Gasteiger partial charge in [-0.1, -0.05) is 31.4 Å². The van der Waals surface area contributed by atoms with Gasteiger partial charge in [0.05, 0.1) is 38.2 Å². The molecule has 2 aromatic heterocycles. The van der Waals surface area contributed by atoms with Crippen LogP contribution in [0.1, 0.15) is 43.2 Å². The van der Waals surface area contributed by atoms with Crippen molar-refractivity contribution < 1.29 is 0 Å². The van der Waals surface area contributed by atoms with Crippen LogP contribution >= 0.6 is 38.6 Å². The quantitative estimate of drug-likeness (QED) is 0.429. The summed E-state index contributed by atoms with van der Waals surface area (Å²) in [6.07, 6.45) is 8.01. The van der Waals surface area contributed by atoms with E-state index in [-0.39, 0.29) is 0 Å². The minimum absolute atomic E-state index is 0.395. The number of rotatable bonds is 4. The molecule has 0 spiro atoms. The highest BCUT2D eigenvalue weighted by Crippen LogP contribution is 2.31. The van der Waals surface area contributed by atoms with E-state index in [0.717, 1.165) is 37.6 Å². The van der Waals surface area contributed by atoms with Gasteiger partial charge in [-0.05, 0) is 58.6 Å². The fraction of sp³-hybridized carbons (Fsp3) is 0.286. The van der Waals surface area contributed by atoms with Crippen LogP contribution in [0.3, 0.4) is 0 Å². The van der Waals surface area contributed by atoms with Crippen LogP contribution in [0.25, 0.3) is 10.6 Å². The average Bonchev–Trinajstić information content (AvgIpc) is 3.33. The van der Waals surface area contributed by atoms with E-state index in [1.807, 2.05) is 35.2 Å². The molecule has 0 saturated heterocycles. The molecule has 1 aliphatic rings. The van der Waals surface area contributed by atoms with Gasteiger partial charge in [0.15, 0.2) is 0 Å². The first-order chi connectivity index (χ1) is 13.7. The maximum Gasteiger partial charge on any atom is 0.206 e. The highest BCUT2D eigenvalue weighted by Gasteiger charge is 2.14. The molecule has 28 heavy (non-hydrogen) atoms. The average molecular weight is 471 g/mol. The second-order valence-corrected chi connectivity index (χ2v) is 10.0. The molecular weight excluding hydrogens is 452 g/mol. The van der Waals surface area contributed by atoms with Crippen molar-refractivity contribution in [3.05, 3.63) is 61.5 Å². The number of benzene rings is 1. The molecule has 1 fully saturated rings. The third-order valence-corrected chi connectivity index (χ3v) is 7.22. The highest BCUT2D eigenvalue weighted by atomic mass is 79.9. The Morgan fingerprint density at radius 1 is 1.11 bits per heavy atom. The van der Waals surface area contributed by atoms with Crippen molar-refractivity contribution >= 4 is 44.8 Å². The van der Waals surface area contributed by atoms with Crippen LogP contribution in [0.5, 0.6) is 0 Å². The van der Waals surface area contributed by atoms with Gasteiger partial charge in [0.2, 0.25) is 4.80 Å². The molecule has 1 saturated carbocycles. The van der Waals surface area contributed by atoms with Gasteiger partial charge in [0.1, 0.15) is 0 Å². The lowest BCUT2D eigenvalue weighted by Crippen LogP contribution is -2.18. The molecule has 0 atom stereocenters. The summed E-state index contributed by atoms with van der Waals surface area (Å²) in [5.41, 5.74) is 2.66. The SMILES string of the molecule is N#Cc1ccc(/C=N/n2c(-c3ccc(Br)s3)csc2=NC2CCCCC2)cc1. The van der Waals surface area contributed by atoms with Crippen LogP contribution in [0, 0.1) is 11.3 Å². The van der Waals surface area contributed by atoms with E-state index in [1.54, 1.807) is 22.7 Å². The molecule has 0 unspecified atom stereocenters. The largest absolute Gasteiger partial charge is 0.254 e. The Morgan fingerprint density at radius 2 is 1.89 bits per heavy atom. The summed E-state index contributed by atoms with van der Waals surface area (Å²) in [7, 11) is 0. The standard InChI is InChI=1S/C21H19BrN4S2/c22-20-11-10-19(28-20)18-14-27-21(25-17-4-2-1-3-5-17)26(18)24-13-16-8-6-15(12-23)7-9-16/h6-11,13-14,17H,1-5H2/b24-13+,25-21?. The van der Waals surface area contributed by atoms with E-state index >= 15 is 0 Å². The summed E-state index contributed by atoms with van der Waals surface area (Å²) in [4.78, 5) is 7.13. The second kappa shape index (κ2) is 8.99. The van der Waals surface area contributed by atoms with E-state index in [0.29, 0.717) is 11.6 Å². The number of nitrogens with zero attached hydrogens (tertiary/aromatic N) is 4. The monoisotopic (exact) mass is 470 g/mol. The lowest BCUT2D eigenvalue weighted by atomic mass is 9.96. The van der Waals surface area contributed by atoms with E-state index < -0.39 is 0 Å². The third kappa shape index (κ3) is 4.52. The van der Waals surface area contributed by atoms with Gasteiger partial charge < -0.3 is 0 Å². The minimum Gasteiger partial charge on any atom is -0.254 e. The van der Waals surface area contributed by atoms with Crippen molar-refractivity contribution in [3.8, 4) is 16.6 Å². The first-order valence-corrected chi connectivity index (χ1v) is 11.8. The molecule has 4 rings (SSSR count). The zero-order valence-electron chi connectivity index (χ0n) is 15.2. The Labute approximate surface area is 180 Å². The molecule has 0 N–H and O–H groups in total. The van der Waals surface area contributed by atoms with Gasteiger partial charge in [-0.25, -0.2) is 4.68 Å². The number of aromatic nitrogens is 1. The zero-order chi connectivity index (χ0) is 19.3. The molecule has 0 aliphatic heterocycles. The maximum absolute atomic E-state index is 8.96. The van der Waals surface area contributed by atoms with Crippen LogP contribution in [0.4, 0.5) is 0 Å². The van der Waals surface area contributed by atoms with Crippen molar-refractivity contribution in [2.75, 3.05) is 0 Å². The van der Waals surface area contributed by atoms with Crippen molar-refractivity contribution in [2.45, 2.75) is 38.1 Å². The molecule has 3 aromatic rings. The fourth-order valence-corrected chi connectivity index (χ4v) is 5.62. The molecule has 0 radical (unpaired) electrons. The smallest absolute Gasteiger partial charge is 0.206 e. The Balaban J connectivity index is 1.73. The summed E-state index contributed by atoms with van der Waals surface area (Å²) in [5.74, 6) is 0. The predicted molar refractivity (Wildman–Crippen MR) is 120 cm³/mol. The zero-order valence-corrected chi connectivity index (χ0v) is 18.4. The summed E-state index contributed by atoms with van der Waals surface area (Å²) >= 11 is 6.89.